The fourth-order valence-corrected chi connectivity index (χ4v) is 1.73. The van der Waals surface area contributed by atoms with Crippen LogP contribution in [-0.2, 0) is 5.54 Å². The van der Waals surface area contributed by atoms with Gasteiger partial charge in [0.1, 0.15) is 0 Å². The Morgan fingerprint density at radius 1 is 1.27 bits per heavy atom. The maximum atomic E-state index is 9.70. The van der Waals surface area contributed by atoms with Crippen LogP contribution in [0.1, 0.15) is 12.5 Å². The summed E-state index contributed by atoms with van der Waals surface area (Å²) >= 11 is 0. The van der Waals surface area contributed by atoms with Crippen molar-refractivity contribution in [3.05, 3.63) is 59.9 Å². The van der Waals surface area contributed by atoms with Crippen molar-refractivity contribution in [2.24, 2.45) is 11.7 Å². The van der Waals surface area contributed by atoms with E-state index < -0.39 is 5.54 Å². The van der Waals surface area contributed by atoms with Crippen LogP contribution >= 0.6 is 0 Å². The Balaban J connectivity index is 2.41. The fourth-order valence-electron chi connectivity index (χ4n) is 1.73. The van der Waals surface area contributed by atoms with Crippen LogP contribution < -0.4 is 5.73 Å². The van der Waals surface area contributed by atoms with Crippen LogP contribution in [0.5, 0.6) is 0 Å². The molecule has 3 N–H and O–H groups in total. The second kappa shape index (κ2) is 3.55. The number of hydrogen-bond acceptors (Lipinski definition) is 2. The highest BCUT2D eigenvalue weighted by atomic mass is 16.3. The van der Waals surface area contributed by atoms with E-state index in [-0.39, 0.29) is 5.92 Å². The zero-order chi connectivity index (χ0) is 10.9. The molecule has 2 unspecified atom stereocenters. The predicted molar refractivity (Wildman–Crippen MR) is 61.3 cm³/mol. The van der Waals surface area contributed by atoms with Gasteiger partial charge in [0, 0.05) is 5.92 Å². The third-order valence-corrected chi connectivity index (χ3v) is 2.79. The number of allylic oxidation sites excluding steroid dienone is 1. The normalized spacial score (nSPS) is 30.0. The zero-order valence-electron chi connectivity index (χ0n) is 8.72. The largest absolute Gasteiger partial charge is 0.512 e. The molecule has 78 valence electrons. The molecule has 2 heteroatoms. The highest BCUT2D eigenvalue weighted by Gasteiger charge is 2.26. The molecule has 1 aliphatic carbocycles. The second-order valence-corrected chi connectivity index (χ2v) is 4.02. The minimum Gasteiger partial charge on any atom is -0.512 e. The molecule has 2 rings (SSSR count). The van der Waals surface area contributed by atoms with Gasteiger partial charge in [-0.15, -0.1) is 0 Å². The molecule has 1 aromatic rings. The van der Waals surface area contributed by atoms with Crippen molar-refractivity contribution in [1.82, 2.24) is 0 Å². The lowest BCUT2D eigenvalue weighted by atomic mass is 9.84. The maximum Gasteiger partial charge on any atom is 0.0973 e. The molecule has 15 heavy (non-hydrogen) atoms. The Morgan fingerprint density at radius 2 is 1.93 bits per heavy atom. The van der Waals surface area contributed by atoms with E-state index in [1.165, 1.54) is 0 Å². The van der Waals surface area contributed by atoms with Crippen molar-refractivity contribution < 1.29 is 5.11 Å². The molecule has 0 amide bonds. The molecule has 0 saturated heterocycles. The summed E-state index contributed by atoms with van der Waals surface area (Å²) in [7, 11) is 0. The van der Waals surface area contributed by atoms with Gasteiger partial charge in [-0.3, -0.25) is 0 Å². The highest BCUT2D eigenvalue weighted by molar-refractivity contribution is 5.38. The molecule has 0 radical (unpaired) electrons. The SMILES string of the molecule is CC1C=CC(N)(c2ccccc2)C=C1O. The Labute approximate surface area is 89.7 Å². The van der Waals surface area contributed by atoms with Crippen LogP contribution in [-0.4, -0.2) is 5.11 Å². The molecule has 0 saturated carbocycles. The Hall–Kier alpha value is -1.54. The van der Waals surface area contributed by atoms with Crippen LogP contribution in [0.4, 0.5) is 0 Å². The van der Waals surface area contributed by atoms with Gasteiger partial charge in [-0.2, -0.15) is 0 Å². The summed E-state index contributed by atoms with van der Waals surface area (Å²) in [5.41, 5.74) is 6.53. The van der Waals surface area contributed by atoms with Gasteiger partial charge < -0.3 is 10.8 Å². The van der Waals surface area contributed by atoms with Crippen molar-refractivity contribution in [2.45, 2.75) is 12.5 Å². The van der Waals surface area contributed by atoms with Crippen LogP contribution in [0.15, 0.2) is 54.3 Å². The molecule has 0 spiro atoms. The van der Waals surface area contributed by atoms with E-state index in [4.69, 9.17) is 5.73 Å². The predicted octanol–water partition coefficient (Wildman–Crippen LogP) is 2.49. The van der Waals surface area contributed by atoms with Gasteiger partial charge in [0.05, 0.1) is 11.3 Å². The van der Waals surface area contributed by atoms with E-state index in [0.717, 1.165) is 5.56 Å². The summed E-state index contributed by atoms with van der Waals surface area (Å²) in [5.74, 6) is 0.397. The number of nitrogens with two attached hydrogens (primary N) is 1. The topological polar surface area (TPSA) is 46.2 Å². The van der Waals surface area contributed by atoms with Gasteiger partial charge in [-0.25, -0.2) is 0 Å². The molecular weight excluding hydrogens is 186 g/mol. The molecule has 1 aromatic carbocycles. The van der Waals surface area contributed by atoms with Crippen LogP contribution in [0, 0.1) is 5.92 Å². The highest BCUT2D eigenvalue weighted by Crippen LogP contribution is 2.29. The Bertz CT molecular complexity index is 408. The molecule has 0 aromatic heterocycles. The van der Waals surface area contributed by atoms with Gasteiger partial charge in [0.25, 0.3) is 0 Å². The number of hydrogen-bond donors (Lipinski definition) is 2. The molecule has 1 aliphatic rings. The summed E-state index contributed by atoms with van der Waals surface area (Å²) in [6.45, 7) is 1.94. The summed E-state index contributed by atoms with van der Waals surface area (Å²) in [6, 6.07) is 9.77. The number of rotatable bonds is 1. The van der Waals surface area contributed by atoms with Crippen molar-refractivity contribution >= 4 is 0 Å². The first-order valence-electron chi connectivity index (χ1n) is 5.07. The van der Waals surface area contributed by atoms with Crippen molar-refractivity contribution in [3.63, 3.8) is 0 Å². The number of aliphatic hydroxyl groups is 1. The third-order valence-electron chi connectivity index (χ3n) is 2.79. The van der Waals surface area contributed by atoms with E-state index in [1.807, 2.05) is 49.4 Å². The lowest BCUT2D eigenvalue weighted by Crippen LogP contribution is -2.34. The average Bonchev–Trinajstić information content (AvgIpc) is 2.26. The molecule has 0 fully saturated rings. The van der Waals surface area contributed by atoms with E-state index >= 15 is 0 Å². The van der Waals surface area contributed by atoms with Crippen LogP contribution in [0.3, 0.4) is 0 Å². The minimum atomic E-state index is -0.669. The first-order valence-corrected chi connectivity index (χ1v) is 5.07. The molecule has 0 bridgehead atoms. The van der Waals surface area contributed by atoms with E-state index in [0.29, 0.717) is 5.76 Å². The quantitative estimate of drug-likeness (QED) is 0.686. The first-order chi connectivity index (χ1) is 7.12. The van der Waals surface area contributed by atoms with Gasteiger partial charge in [0.15, 0.2) is 0 Å². The summed E-state index contributed by atoms with van der Waals surface area (Å²) < 4.78 is 0. The summed E-state index contributed by atoms with van der Waals surface area (Å²) in [6.07, 6.45) is 5.59. The number of aliphatic hydroxyl groups excluding tert-OH is 1. The molecule has 0 heterocycles. The smallest absolute Gasteiger partial charge is 0.0973 e. The van der Waals surface area contributed by atoms with Gasteiger partial charge in [0.2, 0.25) is 0 Å². The minimum absolute atomic E-state index is 0.0605. The van der Waals surface area contributed by atoms with Crippen molar-refractivity contribution in [2.75, 3.05) is 0 Å². The van der Waals surface area contributed by atoms with Crippen LogP contribution in [0.25, 0.3) is 0 Å². The molecular formula is C13H15NO. The molecule has 0 aliphatic heterocycles. The monoisotopic (exact) mass is 201 g/mol. The van der Waals surface area contributed by atoms with Gasteiger partial charge in [-0.05, 0) is 11.6 Å². The standard InChI is InChI=1S/C13H15NO/c1-10-7-8-13(14,9-12(10)15)11-5-3-2-4-6-11/h2-10,15H,14H2,1H3. The molecule has 2 atom stereocenters. The number of benzene rings is 1. The second-order valence-electron chi connectivity index (χ2n) is 4.02. The average molecular weight is 201 g/mol. The summed E-state index contributed by atoms with van der Waals surface area (Å²) in [5, 5.41) is 9.70. The summed E-state index contributed by atoms with van der Waals surface area (Å²) in [4.78, 5) is 0. The lowest BCUT2D eigenvalue weighted by Gasteiger charge is -2.27. The van der Waals surface area contributed by atoms with Gasteiger partial charge in [-0.1, -0.05) is 49.4 Å². The van der Waals surface area contributed by atoms with Crippen molar-refractivity contribution in [3.8, 4) is 0 Å². The maximum absolute atomic E-state index is 9.70. The van der Waals surface area contributed by atoms with E-state index in [2.05, 4.69) is 0 Å². The Kier molecular flexibility index (Phi) is 2.37. The zero-order valence-corrected chi connectivity index (χ0v) is 8.72. The van der Waals surface area contributed by atoms with E-state index in [9.17, 15) is 5.11 Å². The fraction of sp³-hybridized carbons (Fsp3) is 0.231. The van der Waals surface area contributed by atoms with Crippen molar-refractivity contribution in [1.29, 1.82) is 0 Å². The third kappa shape index (κ3) is 1.81. The first kappa shape index (κ1) is 9.99. The lowest BCUT2D eigenvalue weighted by molar-refractivity contribution is 0.351. The van der Waals surface area contributed by atoms with E-state index in [1.54, 1.807) is 6.08 Å². The van der Waals surface area contributed by atoms with Crippen LogP contribution in [0.2, 0.25) is 0 Å². The molecule has 2 nitrogen and oxygen atoms in total. The van der Waals surface area contributed by atoms with Gasteiger partial charge >= 0.3 is 0 Å². The Morgan fingerprint density at radius 3 is 2.53 bits per heavy atom.